The van der Waals surface area contributed by atoms with Crippen LogP contribution in [0.4, 0.5) is 5.69 Å². The van der Waals surface area contributed by atoms with Crippen LogP contribution in [0.2, 0.25) is 0 Å². The van der Waals surface area contributed by atoms with Crippen molar-refractivity contribution < 1.29 is 9.15 Å². The maximum atomic E-state index is 5.90. The van der Waals surface area contributed by atoms with Gasteiger partial charge in [0.15, 0.2) is 11.8 Å². The first kappa shape index (κ1) is 16.6. The van der Waals surface area contributed by atoms with E-state index in [1.165, 1.54) is 11.1 Å². The van der Waals surface area contributed by atoms with Crippen molar-refractivity contribution in [1.82, 2.24) is 4.98 Å². The molecule has 28 heavy (non-hydrogen) atoms. The number of hydrogen-bond donors (Lipinski definition) is 1. The smallest absolute Gasteiger partial charge is 0.227 e. The summed E-state index contributed by atoms with van der Waals surface area (Å²) in [5.41, 5.74) is 7.17. The van der Waals surface area contributed by atoms with Crippen molar-refractivity contribution in [2.75, 3.05) is 5.32 Å². The van der Waals surface area contributed by atoms with E-state index in [9.17, 15) is 0 Å². The molecule has 1 aliphatic heterocycles. The second-order valence-electron chi connectivity index (χ2n) is 7.15. The molecule has 1 aliphatic rings. The number of benzene rings is 3. The predicted octanol–water partition coefficient (Wildman–Crippen LogP) is 5.96. The van der Waals surface area contributed by atoms with Gasteiger partial charge in [0.1, 0.15) is 11.3 Å². The SMILES string of the molecule is Cc1ccc2c(c1)NC(/C=C/c1ccc(-c3nc4cc(C)ccc4o3)cc1)O2. The second-order valence-corrected chi connectivity index (χ2v) is 7.15. The molecule has 0 fully saturated rings. The van der Waals surface area contributed by atoms with Gasteiger partial charge in [-0.3, -0.25) is 0 Å². The van der Waals surface area contributed by atoms with Crippen LogP contribution in [-0.2, 0) is 0 Å². The average Bonchev–Trinajstić information content (AvgIpc) is 3.29. The zero-order valence-corrected chi connectivity index (χ0v) is 15.8. The minimum Gasteiger partial charge on any atom is -0.465 e. The van der Waals surface area contributed by atoms with Crippen LogP contribution in [0.25, 0.3) is 28.6 Å². The fourth-order valence-electron chi connectivity index (χ4n) is 3.36. The highest BCUT2D eigenvalue weighted by Crippen LogP contribution is 2.33. The van der Waals surface area contributed by atoms with Gasteiger partial charge in [-0.1, -0.05) is 30.3 Å². The summed E-state index contributed by atoms with van der Waals surface area (Å²) in [6, 6.07) is 20.3. The number of fused-ring (bicyclic) bond motifs is 2. The minimum absolute atomic E-state index is 0.156. The minimum atomic E-state index is -0.156. The molecule has 3 aromatic carbocycles. The third-order valence-electron chi connectivity index (χ3n) is 4.85. The van der Waals surface area contributed by atoms with Gasteiger partial charge in [0.25, 0.3) is 0 Å². The highest BCUT2D eigenvalue weighted by molar-refractivity contribution is 5.77. The predicted molar refractivity (Wildman–Crippen MR) is 112 cm³/mol. The Hall–Kier alpha value is -3.53. The van der Waals surface area contributed by atoms with E-state index in [-0.39, 0.29) is 6.23 Å². The van der Waals surface area contributed by atoms with Crippen LogP contribution in [0.1, 0.15) is 16.7 Å². The molecule has 4 aromatic rings. The Bertz CT molecular complexity index is 1190. The molecule has 0 saturated carbocycles. The quantitative estimate of drug-likeness (QED) is 0.485. The van der Waals surface area contributed by atoms with Crippen molar-refractivity contribution in [3.8, 4) is 17.2 Å². The maximum Gasteiger partial charge on any atom is 0.227 e. The summed E-state index contributed by atoms with van der Waals surface area (Å²) >= 11 is 0. The van der Waals surface area contributed by atoms with E-state index < -0.39 is 0 Å². The molecule has 2 heterocycles. The van der Waals surface area contributed by atoms with Gasteiger partial charge in [0.05, 0.1) is 5.69 Å². The van der Waals surface area contributed by atoms with Crippen LogP contribution < -0.4 is 10.1 Å². The standard InChI is InChI=1S/C24H20N2O2/c1-15-3-10-21-19(13-15)25-23(27-21)12-7-17-5-8-18(9-6-17)24-26-20-14-16(2)4-11-22(20)28-24/h3-14,23,25H,1-2H3/b12-7+. The second kappa shape index (κ2) is 6.57. The lowest BCUT2D eigenvalue weighted by Gasteiger charge is -2.05. The summed E-state index contributed by atoms with van der Waals surface area (Å²) in [6.45, 7) is 4.13. The molecule has 0 spiro atoms. The number of nitrogens with zero attached hydrogens (tertiary/aromatic N) is 1. The molecule has 1 atom stereocenters. The lowest BCUT2D eigenvalue weighted by Crippen LogP contribution is -2.16. The third-order valence-corrected chi connectivity index (χ3v) is 4.85. The van der Waals surface area contributed by atoms with Crippen LogP contribution >= 0.6 is 0 Å². The molecule has 138 valence electrons. The molecule has 0 saturated heterocycles. The van der Waals surface area contributed by atoms with Crippen LogP contribution in [0.5, 0.6) is 5.75 Å². The molecule has 5 rings (SSSR count). The number of oxazole rings is 1. The van der Waals surface area contributed by atoms with Gasteiger partial charge in [0, 0.05) is 5.56 Å². The van der Waals surface area contributed by atoms with Gasteiger partial charge in [0.2, 0.25) is 5.89 Å². The van der Waals surface area contributed by atoms with E-state index in [1.807, 2.05) is 42.5 Å². The summed E-state index contributed by atoms with van der Waals surface area (Å²) in [5.74, 6) is 1.53. The van der Waals surface area contributed by atoms with Crippen molar-refractivity contribution in [3.63, 3.8) is 0 Å². The van der Waals surface area contributed by atoms with Crippen LogP contribution in [0, 0.1) is 13.8 Å². The number of hydrogen-bond acceptors (Lipinski definition) is 4. The molecule has 4 heteroatoms. The van der Waals surface area contributed by atoms with Crippen molar-refractivity contribution in [2.24, 2.45) is 0 Å². The molecule has 0 aliphatic carbocycles. The first-order chi connectivity index (χ1) is 13.6. The lowest BCUT2D eigenvalue weighted by molar-refractivity contribution is 0.303. The molecule has 0 bridgehead atoms. The number of rotatable bonds is 3. The molecule has 0 radical (unpaired) electrons. The highest BCUT2D eigenvalue weighted by Gasteiger charge is 2.18. The summed E-state index contributed by atoms with van der Waals surface area (Å²) in [7, 11) is 0. The van der Waals surface area contributed by atoms with E-state index in [1.54, 1.807) is 0 Å². The Balaban J connectivity index is 1.32. The van der Waals surface area contributed by atoms with E-state index in [0.717, 1.165) is 33.7 Å². The zero-order chi connectivity index (χ0) is 19.1. The maximum absolute atomic E-state index is 5.90. The molecule has 4 nitrogen and oxygen atoms in total. The Morgan fingerprint density at radius 2 is 1.71 bits per heavy atom. The Morgan fingerprint density at radius 1 is 0.929 bits per heavy atom. The van der Waals surface area contributed by atoms with Gasteiger partial charge in [-0.05, 0) is 73.0 Å². The molecule has 1 unspecified atom stereocenters. The van der Waals surface area contributed by atoms with E-state index in [2.05, 4.69) is 54.5 Å². The van der Waals surface area contributed by atoms with Gasteiger partial charge in [-0.25, -0.2) is 4.98 Å². The van der Waals surface area contributed by atoms with Crippen LogP contribution in [-0.4, -0.2) is 11.2 Å². The van der Waals surface area contributed by atoms with Crippen molar-refractivity contribution >= 4 is 22.9 Å². The topological polar surface area (TPSA) is 47.3 Å². The molecular formula is C24H20N2O2. The number of aromatic nitrogens is 1. The monoisotopic (exact) mass is 368 g/mol. The summed E-state index contributed by atoms with van der Waals surface area (Å²) in [4.78, 5) is 4.60. The Kier molecular flexibility index (Phi) is 3.90. The number of aryl methyl sites for hydroxylation is 2. The molecule has 1 N–H and O–H groups in total. The van der Waals surface area contributed by atoms with E-state index in [4.69, 9.17) is 9.15 Å². The lowest BCUT2D eigenvalue weighted by atomic mass is 10.1. The summed E-state index contributed by atoms with van der Waals surface area (Å²) in [5, 5.41) is 3.37. The zero-order valence-electron chi connectivity index (χ0n) is 15.8. The summed E-state index contributed by atoms with van der Waals surface area (Å²) < 4.78 is 11.8. The van der Waals surface area contributed by atoms with E-state index in [0.29, 0.717) is 5.89 Å². The van der Waals surface area contributed by atoms with Gasteiger partial charge in [-0.15, -0.1) is 0 Å². The highest BCUT2D eigenvalue weighted by atomic mass is 16.5. The van der Waals surface area contributed by atoms with E-state index >= 15 is 0 Å². The van der Waals surface area contributed by atoms with Crippen molar-refractivity contribution in [2.45, 2.75) is 20.1 Å². The number of nitrogens with one attached hydrogen (secondary N) is 1. The van der Waals surface area contributed by atoms with Crippen LogP contribution in [0.3, 0.4) is 0 Å². The summed E-state index contributed by atoms with van der Waals surface area (Å²) in [6.07, 6.45) is 3.92. The normalized spacial score (nSPS) is 15.6. The average molecular weight is 368 g/mol. The Morgan fingerprint density at radius 3 is 2.57 bits per heavy atom. The first-order valence-electron chi connectivity index (χ1n) is 9.34. The molecule has 1 aromatic heterocycles. The molecular weight excluding hydrogens is 348 g/mol. The fourth-order valence-corrected chi connectivity index (χ4v) is 3.36. The molecule has 0 amide bonds. The third kappa shape index (κ3) is 3.14. The fraction of sp³-hybridized carbons (Fsp3) is 0.125. The Labute approximate surface area is 163 Å². The van der Waals surface area contributed by atoms with Gasteiger partial charge < -0.3 is 14.5 Å². The van der Waals surface area contributed by atoms with Gasteiger partial charge in [-0.2, -0.15) is 0 Å². The van der Waals surface area contributed by atoms with Crippen molar-refractivity contribution in [3.05, 3.63) is 83.4 Å². The van der Waals surface area contributed by atoms with Gasteiger partial charge >= 0.3 is 0 Å². The first-order valence-corrected chi connectivity index (χ1v) is 9.34. The van der Waals surface area contributed by atoms with Crippen LogP contribution in [0.15, 0.2) is 71.2 Å². The van der Waals surface area contributed by atoms with Crippen molar-refractivity contribution in [1.29, 1.82) is 0 Å². The number of ether oxygens (including phenoxy) is 1. The largest absolute Gasteiger partial charge is 0.465 e. The number of anilines is 1.